The third kappa shape index (κ3) is 4.75. The maximum Gasteiger partial charge on any atom is 0.341 e. The summed E-state index contributed by atoms with van der Waals surface area (Å²) in [5.74, 6) is -1.12. The number of hydrogen-bond donors (Lipinski definition) is 2. The number of para-hydroxylation sites is 1. The van der Waals surface area contributed by atoms with Gasteiger partial charge in [0, 0.05) is 19.5 Å². The van der Waals surface area contributed by atoms with Crippen LogP contribution in [0.3, 0.4) is 0 Å². The van der Waals surface area contributed by atoms with Gasteiger partial charge < -0.3 is 24.1 Å². The van der Waals surface area contributed by atoms with Gasteiger partial charge in [-0.05, 0) is 38.5 Å². The van der Waals surface area contributed by atoms with Crippen molar-refractivity contribution < 1.29 is 28.3 Å². The average Bonchev–Trinajstić information content (AvgIpc) is 3.09. The van der Waals surface area contributed by atoms with Crippen molar-refractivity contribution in [2.24, 2.45) is 0 Å². The first-order chi connectivity index (χ1) is 15.7. The first-order valence-corrected chi connectivity index (χ1v) is 11.1. The molecule has 2 N–H and O–H groups in total. The highest BCUT2D eigenvalue weighted by molar-refractivity contribution is 7.18. The lowest BCUT2D eigenvalue weighted by atomic mass is 10.1. The number of thiophene rings is 1. The Morgan fingerprint density at radius 3 is 2.55 bits per heavy atom. The second-order valence-electron chi connectivity index (χ2n) is 7.23. The van der Waals surface area contributed by atoms with Crippen molar-refractivity contribution in [3.63, 3.8) is 0 Å². The van der Waals surface area contributed by atoms with Gasteiger partial charge in [0.05, 0.1) is 23.7 Å². The molecule has 1 aromatic carbocycles. The van der Waals surface area contributed by atoms with Crippen LogP contribution >= 0.6 is 11.3 Å². The monoisotopic (exact) mass is 471 g/mol. The smallest absolute Gasteiger partial charge is 0.341 e. The number of carbonyl (C=O) groups excluding carboxylic acids is 3. The molecular weight excluding hydrogens is 446 g/mol. The zero-order valence-corrected chi connectivity index (χ0v) is 19.8. The second kappa shape index (κ2) is 9.86. The highest BCUT2D eigenvalue weighted by atomic mass is 32.1. The van der Waals surface area contributed by atoms with Crippen molar-refractivity contribution in [2.45, 2.75) is 20.8 Å². The van der Waals surface area contributed by atoms with Crippen LogP contribution in [0.2, 0.25) is 0 Å². The molecular formula is C23H25N3O6S. The third-order valence-electron chi connectivity index (χ3n) is 4.76. The number of rotatable bonds is 7. The number of hydrogen-bond acceptors (Lipinski definition) is 8. The molecule has 0 bridgehead atoms. The van der Waals surface area contributed by atoms with Crippen LogP contribution in [0.5, 0.6) is 5.75 Å². The van der Waals surface area contributed by atoms with Gasteiger partial charge in [-0.1, -0.05) is 12.1 Å². The summed E-state index contributed by atoms with van der Waals surface area (Å²) in [6.07, 6.45) is 0. The maximum atomic E-state index is 13.1. The lowest BCUT2D eigenvalue weighted by molar-refractivity contribution is 0.0527. The zero-order chi connectivity index (χ0) is 24.3. The molecule has 2 amide bonds. The normalized spacial score (nSPS) is 10.7. The quantitative estimate of drug-likeness (QED) is 0.505. The van der Waals surface area contributed by atoms with E-state index in [2.05, 4.69) is 5.32 Å². The highest BCUT2D eigenvalue weighted by Crippen LogP contribution is 2.35. The van der Waals surface area contributed by atoms with Gasteiger partial charge in [-0.25, -0.2) is 4.79 Å². The Balaban J connectivity index is 2.05. The van der Waals surface area contributed by atoms with Gasteiger partial charge in [-0.3, -0.25) is 15.0 Å². The minimum Gasteiger partial charge on any atom is -0.490 e. The average molecular weight is 472 g/mol. The summed E-state index contributed by atoms with van der Waals surface area (Å²) in [6, 6.07) is 6.74. The maximum absolute atomic E-state index is 13.1. The van der Waals surface area contributed by atoms with Gasteiger partial charge in [0.25, 0.3) is 11.8 Å². The Morgan fingerprint density at radius 2 is 1.91 bits per heavy atom. The molecule has 0 spiro atoms. The van der Waals surface area contributed by atoms with Crippen molar-refractivity contribution in [1.29, 1.82) is 5.41 Å². The summed E-state index contributed by atoms with van der Waals surface area (Å²) in [4.78, 5) is 39.9. The van der Waals surface area contributed by atoms with Crippen LogP contribution in [0.25, 0.3) is 11.0 Å². The van der Waals surface area contributed by atoms with Gasteiger partial charge in [0.2, 0.25) is 5.55 Å². The Morgan fingerprint density at radius 1 is 1.18 bits per heavy atom. The van der Waals surface area contributed by atoms with Crippen LogP contribution in [0, 0.1) is 12.3 Å². The topological polar surface area (TPSA) is 122 Å². The molecule has 3 rings (SSSR count). The fourth-order valence-electron chi connectivity index (χ4n) is 3.20. The number of nitrogens with zero attached hydrogens (tertiary/aromatic N) is 1. The molecule has 0 radical (unpaired) electrons. The summed E-state index contributed by atoms with van der Waals surface area (Å²) >= 11 is 0.982. The van der Waals surface area contributed by atoms with E-state index >= 15 is 0 Å². The number of fused-ring (bicyclic) bond motifs is 1. The third-order valence-corrected chi connectivity index (χ3v) is 5.95. The van der Waals surface area contributed by atoms with Gasteiger partial charge in [0.15, 0.2) is 11.3 Å². The molecule has 0 aliphatic carbocycles. The summed E-state index contributed by atoms with van der Waals surface area (Å²) in [5.41, 5.74) is 0.505. The van der Waals surface area contributed by atoms with Crippen molar-refractivity contribution in [3.8, 4) is 5.75 Å². The van der Waals surface area contributed by atoms with Crippen molar-refractivity contribution in [2.75, 3.05) is 32.6 Å². The molecule has 0 unspecified atom stereocenters. The number of carbonyl (C=O) groups is 3. The van der Waals surface area contributed by atoms with Crippen LogP contribution in [0.4, 0.5) is 5.00 Å². The number of ether oxygens (including phenoxy) is 2. The van der Waals surface area contributed by atoms with Gasteiger partial charge in [-0.15, -0.1) is 11.3 Å². The first-order valence-electron chi connectivity index (χ1n) is 10.3. The van der Waals surface area contributed by atoms with Crippen molar-refractivity contribution in [1.82, 2.24) is 4.90 Å². The predicted octanol–water partition coefficient (Wildman–Crippen LogP) is 3.81. The van der Waals surface area contributed by atoms with E-state index in [0.29, 0.717) is 33.8 Å². The summed E-state index contributed by atoms with van der Waals surface area (Å²) in [7, 11) is 3.20. The van der Waals surface area contributed by atoms with E-state index in [1.54, 1.807) is 46.1 Å². The lowest BCUT2D eigenvalue weighted by Gasteiger charge is -2.09. The molecule has 0 fully saturated rings. The Labute approximate surface area is 194 Å². The molecule has 0 aliphatic heterocycles. The molecule has 10 heteroatoms. The number of benzene rings is 1. The summed E-state index contributed by atoms with van der Waals surface area (Å²) in [6.45, 7) is 5.70. The molecule has 0 atom stereocenters. The predicted molar refractivity (Wildman–Crippen MR) is 124 cm³/mol. The highest BCUT2D eigenvalue weighted by Gasteiger charge is 2.28. The number of esters is 1. The minimum atomic E-state index is -0.650. The van der Waals surface area contributed by atoms with Crippen molar-refractivity contribution >= 4 is 45.1 Å². The summed E-state index contributed by atoms with van der Waals surface area (Å²) < 4.78 is 16.2. The molecule has 174 valence electrons. The van der Waals surface area contributed by atoms with Crippen LogP contribution < -0.4 is 15.6 Å². The minimum absolute atomic E-state index is 0.0301. The van der Waals surface area contributed by atoms with E-state index in [9.17, 15) is 14.4 Å². The largest absolute Gasteiger partial charge is 0.490 e. The van der Waals surface area contributed by atoms with Crippen LogP contribution in [-0.2, 0) is 4.74 Å². The Kier molecular flexibility index (Phi) is 7.17. The number of amides is 2. The Bertz CT molecular complexity index is 1290. The molecule has 0 aliphatic rings. The van der Waals surface area contributed by atoms with Gasteiger partial charge >= 0.3 is 5.97 Å². The first kappa shape index (κ1) is 24.0. The molecule has 2 aromatic heterocycles. The zero-order valence-electron chi connectivity index (χ0n) is 19.0. The van der Waals surface area contributed by atoms with Gasteiger partial charge in [0.1, 0.15) is 10.6 Å². The van der Waals surface area contributed by atoms with E-state index in [-0.39, 0.29) is 34.2 Å². The molecule has 2 heterocycles. The van der Waals surface area contributed by atoms with Crippen molar-refractivity contribution in [3.05, 3.63) is 51.4 Å². The summed E-state index contributed by atoms with van der Waals surface area (Å²) in [5, 5.41) is 11.6. The standard InChI is InChI=1S/C23H25N3O6S/c1-6-30-15-10-8-9-13-11-14(19(24)32-17(13)15)20(27)25-21-16(23(29)31-7-2)12(3)18(33-21)22(28)26(4)5/h8-11,24H,6-7H2,1-5H3,(H,25,27). The van der Waals surface area contributed by atoms with Crippen LogP contribution in [0.1, 0.15) is 49.8 Å². The second-order valence-corrected chi connectivity index (χ2v) is 8.25. The van der Waals surface area contributed by atoms with Gasteiger partial charge in [-0.2, -0.15) is 0 Å². The Hall–Kier alpha value is -3.66. The molecule has 33 heavy (non-hydrogen) atoms. The SMILES string of the molecule is CCOC(=O)c1c(NC(=O)c2cc3cccc(OCC)c3oc2=N)sc(C(=O)N(C)C)c1C. The van der Waals surface area contributed by atoms with E-state index < -0.39 is 11.9 Å². The number of anilines is 1. The molecule has 9 nitrogen and oxygen atoms in total. The number of nitrogens with one attached hydrogen (secondary N) is 2. The molecule has 0 saturated carbocycles. The van der Waals surface area contributed by atoms with E-state index in [1.807, 2.05) is 6.92 Å². The van der Waals surface area contributed by atoms with E-state index in [1.165, 1.54) is 11.0 Å². The van der Waals surface area contributed by atoms with Crippen LogP contribution in [-0.4, -0.2) is 50.0 Å². The lowest BCUT2D eigenvalue weighted by Crippen LogP contribution is -2.22. The fourth-order valence-corrected chi connectivity index (χ4v) is 4.41. The fraction of sp³-hybridized carbons (Fsp3) is 0.304. The van der Waals surface area contributed by atoms with E-state index in [0.717, 1.165) is 11.3 Å². The van der Waals surface area contributed by atoms with E-state index in [4.69, 9.17) is 19.3 Å². The van der Waals surface area contributed by atoms with Crippen LogP contribution in [0.15, 0.2) is 28.7 Å². The molecule has 0 saturated heterocycles. The molecule has 3 aromatic rings.